The van der Waals surface area contributed by atoms with Crippen LogP contribution in [-0.4, -0.2) is 17.1 Å². The van der Waals surface area contributed by atoms with Crippen LogP contribution >= 0.6 is 34.6 Å². The zero-order chi connectivity index (χ0) is 14.4. The molecule has 0 aliphatic rings. The van der Waals surface area contributed by atoms with Crippen molar-refractivity contribution in [3.05, 3.63) is 35.9 Å². The Hall–Kier alpha value is -0.0700. The lowest BCUT2D eigenvalue weighted by Crippen LogP contribution is -2.38. The van der Waals surface area contributed by atoms with Gasteiger partial charge in [0.2, 0.25) is 0 Å². The van der Waals surface area contributed by atoms with Crippen molar-refractivity contribution in [1.29, 1.82) is 0 Å². The van der Waals surface area contributed by atoms with E-state index in [9.17, 15) is 4.79 Å². The van der Waals surface area contributed by atoms with Crippen LogP contribution in [-0.2, 0) is 4.79 Å². The summed E-state index contributed by atoms with van der Waals surface area (Å²) in [6.07, 6.45) is 0. The lowest BCUT2D eigenvalue weighted by atomic mass is 9.96. The number of Topliss-reactive ketones (excluding diaryl/α,β-unsaturated/α-hetero) is 1. The number of thioether (sulfide) groups is 1. The molecule has 0 spiro atoms. The predicted molar refractivity (Wildman–Crippen MR) is 92.7 cm³/mol. The summed E-state index contributed by atoms with van der Waals surface area (Å²) in [6.45, 7) is 8.27. The summed E-state index contributed by atoms with van der Waals surface area (Å²) < 4.78 is 3.19. The molecular formula is C15H22INOS. The van der Waals surface area contributed by atoms with Crippen LogP contribution in [0.2, 0.25) is 0 Å². The maximum absolute atomic E-state index is 12.4. The molecular weight excluding hydrogens is 369 g/mol. The summed E-state index contributed by atoms with van der Waals surface area (Å²) in [7, 11) is 0. The van der Waals surface area contributed by atoms with Crippen LogP contribution in [0, 0.1) is 5.92 Å². The maximum atomic E-state index is 12.4. The lowest BCUT2D eigenvalue weighted by Gasteiger charge is -2.27. The Kier molecular flexibility index (Phi) is 7.39. The molecule has 0 heterocycles. The number of benzene rings is 1. The number of carbonyl (C=O) groups excluding carboxylic acids is 1. The van der Waals surface area contributed by atoms with E-state index in [0.717, 1.165) is 0 Å². The highest BCUT2D eigenvalue weighted by Crippen LogP contribution is 2.36. The first-order valence-electron chi connectivity index (χ1n) is 6.57. The van der Waals surface area contributed by atoms with Crippen LogP contribution in [0.1, 0.15) is 38.5 Å². The quantitative estimate of drug-likeness (QED) is 0.552. The van der Waals surface area contributed by atoms with Crippen LogP contribution < -0.4 is 3.53 Å². The summed E-state index contributed by atoms with van der Waals surface area (Å²) in [5, 5.41) is 0.644. The van der Waals surface area contributed by atoms with Crippen molar-refractivity contribution >= 4 is 40.4 Å². The van der Waals surface area contributed by atoms with Gasteiger partial charge in [-0.05, 0) is 10.8 Å². The van der Waals surface area contributed by atoms with Gasteiger partial charge in [-0.3, -0.25) is 4.79 Å². The summed E-state index contributed by atoms with van der Waals surface area (Å²) >= 11 is 3.95. The van der Waals surface area contributed by atoms with E-state index >= 15 is 0 Å². The number of ketones is 1. The molecule has 106 valence electrons. The average Bonchev–Trinajstić information content (AvgIpc) is 2.38. The van der Waals surface area contributed by atoms with Gasteiger partial charge >= 0.3 is 0 Å². The smallest absolute Gasteiger partial charge is 0.154 e. The standard InChI is InChI=1S/C15H22INOS/c1-10(2)14(18)13(17-16)15(19-11(3)4)12-8-6-5-7-9-12/h5-11,13,15,17H,1-4H3. The highest BCUT2D eigenvalue weighted by atomic mass is 127. The Balaban J connectivity index is 3.04. The van der Waals surface area contributed by atoms with Crippen LogP contribution in [0.4, 0.5) is 0 Å². The minimum atomic E-state index is -0.143. The monoisotopic (exact) mass is 391 g/mol. The van der Waals surface area contributed by atoms with E-state index in [1.807, 2.05) is 43.8 Å². The molecule has 0 aliphatic heterocycles. The molecule has 2 unspecified atom stereocenters. The van der Waals surface area contributed by atoms with Gasteiger partial charge < -0.3 is 0 Å². The lowest BCUT2D eigenvalue weighted by molar-refractivity contribution is -0.123. The molecule has 4 heteroatoms. The van der Waals surface area contributed by atoms with Crippen molar-refractivity contribution in [2.24, 2.45) is 5.92 Å². The third kappa shape index (κ3) is 5.08. The van der Waals surface area contributed by atoms with Crippen LogP contribution in [0.15, 0.2) is 30.3 Å². The van der Waals surface area contributed by atoms with E-state index in [1.54, 1.807) is 0 Å². The van der Waals surface area contributed by atoms with E-state index in [2.05, 4.69) is 52.4 Å². The van der Waals surface area contributed by atoms with Crippen molar-refractivity contribution in [2.75, 3.05) is 0 Å². The molecule has 1 aromatic carbocycles. The van der Waals surface area contributed by atoms with Crippen LogP contribution in [0.25, 0.3) is 0 Å². The molecule has 1 aromatic rings. The van der Waals surface area contributed by atoms with E-state index in [-0.39, 0.29) is 23.0 Å². The Morgan fingerprint density at radius 2 is 1.74 bits per heavy atom. The summed E-state index contributed by atoms with van der Waals surface area (Å²) in [6, 6.07) is 10.1. The second-order valence-electron chi connectivity index (χ2n) is 5.16. The highest BCUT2D eigenvalue weighted by Gasteiger charge is 2.31. The number of rotatable bonds is 7. The molecule has 0 aliphatic carbocycles. The van der Waals surface area contributed by atoms with Gasteiger partial charge in [-0.1, -0.05) is 58.0 Å². The zero-order valence-electron chi connectivity index (χ0n) is 11.9. The Morgan fingerprint density at radius 3 is 2.16 bits per heavy atom. The molecule has 0 saturated heterocycles. The predicted octanol–water partition coefficient (Wildman–Crippen LogP) is 4.40. The second kappa shape index (κ2) is 8.27. The third-order valence-electron chi connectivity index (χ3n) is 2.84. The fourth-order valence-corrected chi connectivity index (χ4v) is 4.08. The summed E-state index contributed by atoms with van der Waals surface area (Å²) in [5.41, 5.74) is 1.21. The third-order valence-corrected chi connectivity index (χ3v) is 4.90. The van der Waals surface area contributed by atoms with Crippen molar-refractivity contribution in [1.82, 2.24) is 3.53 Å². The Morgan fingerprint density at radius 1 is 1.16 bits per heavy atom. The molecule has 1 rings (SSSR count). The summed E-state index contributed by atoms with van der Waals surface area (Å²) in [5.74, 6) is 0.322. The maximum Gasteiger partial charge on any atom is 0.154 e. The molecule has 2 nitrogen and oxygen atoms in total. The topological polar surface area (TPSA) is 29.1 Å². The SMILES string of the molecule is CC(C)SC(c1ccccc1)C(NI)C(=O)C(C)C. The van der Waals surface area contributed by atoms with Crippen LogP contribution in [0.5, 0.6) is 0 Å². The van der Waals surface area contributed by atoms with Gasteiger partial charge in [-0.25, -0.2) is 3.53 Å². The minimum Gasteiger partial charge on any atom is -0.298 e. The normalized spacial score (nSPS) is 14.7. The summed E-state index contributed by atoms with van der Waals surface area (Å²) in [4.78, 5) is 12.4. The molecule has 1 N–H and O–H groups in total. The first kappa shape index (κ1) is 17.0. The average molecular weight is 391 g/mol. The van der Waals surface area contributed by atoms with Gasteiger partial charge in [0.1, 0.15) is 0 Å². The Bertz CT molecular complexity index is 394. The number of hydrogen-bond donors (Lipinski definition) is 1. The van der Waals surface area contributed by atoms with Crippen molar-refractivity contribution in [3.63, 3.8) is 0 Å². The fraction of sp³-hybridized carbons (Fsp3) is 0.533. The highest BCUT2D eigenvalue weighted by molar-refractivity contribution is 14.1. The van der Waals surface area contributed by atoms with E-state index in [1.165, 1.54) is 5.56 Å². The zero-order valence-corrected chi connectivity index (χ0v) is 14.9. The molecule has 0 aromatic heterocycles. The van der Waals surface area contributed by atoms with E-state index < -0.39 is 0 Å². The van der Waals surface area contributed by atoms with Gasteiger partial charge in [-0.15, -0.1) is 11.8 Å². The van der Waals surface area contributed by atoms with Crippen molar-refractivity contribution < 1.29 is 4.79 Å². The first-order chi connectivity index (χ1) is 8.97. The molecule has 0 bridgehead atoms. The van der Waals surface area contributed by atoms with E-state index in [0.29, 0.717) is 5.25 Å². The van der Waals surface area contributed by atoms with Gasteiger partial charge in [0, 0.05) is 28.8 Å². The molecule has 0 amide bonds. The molecule has 0 saturated carbocycles. The number of nitrogens with one attached hydrogen (secondary N) is 1. The van der Waals surface area contributed by atoms with Gasteiger partial charge in [-0.2, -0.15) is 0 Å². The Labute approximate surface area is 134 Å². The minimum absolute atomic E-state index is 0.0474. The number of hydrogen-bond acceptors (Lipinski definition) is 3. The fourth-order valence-electron chi connectivity index (χ4n) is 1.90. The molecule has 19 heavy (non-hydrogen) atoms. The molecule has 2 atom stereocenters. The van der Waals surface area contributed by atoms with Crippen LogP contribution in [0.3, 0.4) is 0 Å². The van der Waals surface area contributed by atoms with Gasteiger partial charge in [0.05, 0.1) is 11.3 Å². The molecule has 0 radical (unpaired) electrons. The van der Waals surface area contributed by atoms with Gasteiger partial charge in [0.25, 0.3) is 0 Å². The number of carbonyl (C=O) groups is 1. The molecule has 0 fully saturated rings. The first-order valence-corrected chi connectivity index (χ1v) is 8.59. The van der Waals surface area contributed by atoms with Crippen molar-refractivity contribution in [2.45, 2.75) is 44.2 Å². The van der Waals surface area contributed by atoms with E-state index in [4.69, 9.17) is 0 Å². The van der Waals surface area contributed by atoms with Gasteiger partial charge in [0.15, 0.2) is 5.78 Å². The van der Waals surface area contributed by atoms with Crippen molar-refractivity contribution in [3.8, 4) is 0 Å². The number of halogens is 1. The largest absolute Gasteiger partial charge is 0.298 e. The second-order valence-corrected chi connectivity index (χ2v) is 7.51.